The van der Waals surface area contributed by atoms with Crippen LogP contribution in [0.2, 0.25) is 5.02 Å². The van der Waals surface area contributed by atoms with Crippen molar-refractivity contribution in [2.45, 2.75) is 0 Å². The fraction of sp³-hybridized carbons (Fsp3) is 0. The van der Waals surface area contributed by atoms with Crippen molar-refractivity contribution in [2.75, 3.05) is 0 Å². The molecule has 0 amide bonds. The van der Waals surface area contributed by atoms with Crippen LogP contribution in [0.5, 0.6) is 0 Å². The summed E-state index contributed by atoms with van der Waals surface area (Å²) in [6.07, 6.45) is 1.96. The molecule has 5 rings (SSSR count). The maximum Gasteiger partial charge on any atom is 0.0406 e. The van der Waals surface area contributed by atoms with Gasteiger partial charge in [-0.05, 0) is 67.8 Å². The summed E-state index contributed by atoms with van der Waals surface area (Å²) in [5, 5.41) is 0.750. The second kappa shape index (κ2) is 6.92. The first kappa shape index (κ1) is 17.7. The highest BCUT2D eigenvalue weighted by Crippen LogP contribution is 2.47. The van der Waals surface area contributed by atoms with Crippen LogP contribution in [0.25, 0.3) is 45.0 Å². The van der Waals surface area contributed by atoms with Gasteiger partial charge in [0.1, 0.15) is 0 Å². The van der Waals surface area contributed by atoms with Gasteiger partial charge in [0.15, 0.2) is 0 Å². The monoisotopic (exact) mass is 390 g/mol. The summed E-state index contributed by atoms with van der Waals surface area (Å²) in [5.74, 6) is 0. The normalized spacial score (nSPS) is 11.8. The lowest BCUT2D eigenvalue weighted by molar-refractivity contribution is 1.56. The maximum absolute atomic E-state index is 6.01. The topological polar surface area (TPSA) is 0 Å². The number of hydrogen-bond donors (Lipinski definition) is 0. The van der Waals surface area contributed by atoms with Crippen LogP contribution in [0.1, 0.15) is 16.7 Å². The van der Waals surface area contributed by atoms with E-state index < -0.39 is 0 Å². The molecule has 0 N–H and O–H groups in total. The Morgan fingerprint density at radius 2 is 1.14 bits per heavy atom. The summed E-state index contributed by atoms with van der Waals surface area (Å²) in [6, 6.07) is 29.5. The predicted octanol–water partition coefficient (Wildman–Crippen LogP) is 8.36. The zero-order valence-electron chi connectivity index (χ0n) is 16.0. The molecule has 138 valence electrons. The molecular weight excluding hydrogens is 372 g/mol. The molecule has 1 aliphatic carbocycles. The first-order valence-electron chi connectivity index (χ1n) is 9.62. The Labute approximate surface area is 176 Å². The van der Waals surface area contributed by atoms with E-state index in [0.29, 0.717) is 0 Å². The van der Waals surface area contributed by atoms with E-state index in [1.54, 1.807) is 0 Å². The minimum absolute atomic E-state index is 0.750. The quantitative estimate of drug-likeness (QED) is 0.290. The van der Waals surface area contributed by atoms with Gasteiger partial charge in [0.2, 0.25) is 0 Å². The van der Waals surface area contributed by atoms with Gasteiger partial charge in [-0.25, -0.2) is 0 Å². The molecule has 0 aromatic heterocycles. The molecule has 0 heterocycles. The van der Waals surface area contributed by atoms with Crippen molar-refractivity contribution < 1.29 is 0 Å². The van der Waals surface area contributed by atoms with E-state index in [1.165, 1.54) is 38.9 Å². The average molecular weight is 391 g/mol. The lowest BCUT2D eigenvalue weighted by Gasteiger charge is -2.13. The maximum atomic E-state index is 6.01. The van der Waals surface area contributed by atoms with Gasteiger partial charge in [0.05, 0.1) is 0 Å². The molecule has 4 aromatic rings. The molecule has 29 heavy (non-hydrogen) atoms. The fourth-order valence-electron chi connectivity index (χ4n) is 4.23. The molecule has 0 saturated heterocycles. The molecule has 1 heteroatoms. The molecule has 0 unspecified atom stereocenters. The molecular formula is C28H19Cl. The van der Waals surface area contributed by atoms with Crippen LogP contribution in [-0.2, 0) is 0 Å². The van der Waals surface area contributed by atoms with Gasteiger partial charge in [-0.1, -0.05) is 104 Å². The standard InChI is InChI=1S/C28H19Cl/c1-3-23-25(16-17-27-26-7-5-4-6-24(26)18(2)28(23)27)21-10-8-19(9-11-21)20-12-14-22(29)15-13-20/h3-17H,1-2H2. The number of fused-ring (bicyclic) bond motifs is 3. The Morgan fingerprint density at radius 1 is 0.586 bits per heavy atom. The summed E-state index contributed by atoms with van der Waals surface area (Å²) < 4.78 is 0. The van der Waals surface area contributed by atoms with Gasteiger partial charge in [0, 0.05) is 5.02 Å². The van der Waals surface area contributed by atoms with Crippen molar-refractivity contribution in [3.05, 3.63) is 120 Å². The zero-order chi connectivity index (χ0) is 20.0. The predicted molar refractivity (Wildman–Crippen MR) is 126 cm³/mol. The molecule has 0 saturated carbocycles. The van der Waals surface area contributed by atoms with E-state index in [4.69, 9.17) is 11.6 Å². The van der Waals surface area contributed by atoms with Gasteiger partial charge in [-0.15, -0.1) is 0 Å². The van der Waals surface area contributed by atoms with Crippen LogP contribution in [0.15, 0.2) is 98.1 Å². The minimum atomic E-state index is 0.750. The van der Waals surface area contributed by atoms with Crippen LogP contribution >= 0.6 is 11.6 Å². The van der Waals surface area contributed by atoms with Gasteiger partial charge in [0.25, 0.3) is 0 Å². The van der Waals surface area contributed by atoms with Crippen molar-refractivity contribution in [3.63, 3.8) is 0 Å². The molecule has 0 radical (unpaired) electrons. The first-order chi connectivity index (χ1) is 14.2. The molecule has 0 bridgehead atoms. The third-order valence-corrected chi connectivity index (χ3v) is 5.92. The van der Waals surface area contributed by atoms with Crippen molar-refractivity contribution in [1.29, 1.82) is 0 Å². The van der Waals surface area contributed by atoms with E-state index in [-0.39, 0.29) is 0 Å². The third-order valence-electron chi connectivity index (χ3n) is 5.67. The van der Waals surface area contributed by atoms with Gasteiger partial charge >= 0.3 is 0 Å². The fourth-order valence-corrected chi connectivity index (χ4v) is 4.36. The Balaban J connectivity index is 1.60. The Morgan fingerprint density at radius 3 is 1.79 bits per heavy atom. The van der Waals surface area contributed by atoms with Crippen molar-refractivity contribution in [2.24, 2.45) is 0 Å². The molecule has 0 atom stereocenters. The summed E-state index contributed by atoms with van der Waals surface area (Å²) in [6.45, 7) is 8.49. The smallest absolute Gasteiger partial charge is 0.0406 e. The summed E-state index contributed by atoms with van der Waals surface area (Å²) in [5.41, 5.74) is 11.8. The lowest BCUT2D eigenvalue weighted by atomic mass is 9.90. The van der Waals surface area contributed by atoms with Crippen LogP contribution in [0.4, 0.5) is 0 Å². The van der Waals surface area contributed by atoms with Gasteiger partial charge in [-0.2, -0.15) is 0 Å². The number of hydrogen-bond acceptors (Lipinski definition) is 0. The second-order valence-corrected chi connectivity index (χ2v) is 7.70. The summed E-state index contributed by atoms with van der Waals surface area (Å²) >= 11 is 6.01. The van der Waals surface area contributed by atoms with E-state index in [2.05, 4.69) is 73.8 Å². The molecule has 4 aromatic carbocycles. The highest BCUT2D eigenvalue weighted by Gasteiger charge is 2.25. The molecule has 0 fully saturated rings. The van der Waals surface area contributed by atoms with Gasteiger partial charge in [-0.3, -0.25) is 0 Å². The lowest BCUT2D eigenvalue weighted by Crippen LogP contribution is -1.91. The molecule has 1 aliphatic rings. The molecule has 0 spiro atoms. The summed E-state index contributed by atoms with van der Waals surface area (Å²) in [4.78, 5) is 0. The van der Waals surface area contributed by atoms with Crippen molar-refractivity contribution in [1.82, 2.24) is 0 Å². The summed E-state index contributed by atoms with van der Waals surface area (Å²) in [7, 11) is 0. The molecule has 0 nitrogen and oxygen atoms in total. The molecule has 0 aliphatic heterocycles. The number of halogens is 1. The van der Waals surface area contributed by atoms with Crippen LogP contribution in [-0.4, -0.2) is 0 Å². The Bertz CT molecular complexity index is 1260. The first-order valence-corrected chi connectivity index (χ1v) is 10.00. The minimum Gasteiger partial charge on any atom is -0.0984 e. The number of rotatable bonds is 3. The van der Waals surface area contributed by atoms with Crippen LogP contribution in [0.3, 0.4) is 0 Å². The Hall–Kier alpha value is -3.35. The Kier molecular flexibility index (Phi) is 4.23. The highest BCUT2D eigenvalue weighted by molar-refractivity contribution is 6.30. The van der Waals surface area contributed by atoms with E-state index in [1.807, 2.05) is 30.3 Å². The van der Waals surface area contributed by atoms with E-state index in [9.17, 15) is 0 Å². The SMILES string of the molecule is C=Cc1c(-c2ccc(-c3ccc(Cl)cc3)cc2)ccc2c1C(=C)c1ccccc1-2. The zero-order valence-corrected chi connectivity index (χ0v) is 16.7. The average Bonchev–Trinajstić information content (AvgIpc) is 3.06. The van der Waals surface area contributed by atoms with Crippen LogP contribution < -0.4 is 0 Å². The number of benzene rings is 4. The highest BCUT2D eigenvalue weighted by atomic mass is 35.5. The van der Waals surface area contributed by atoms with Gasteiger partial charge < -0.3 is 0 Å². The van der Waals surface area contributed by atoms with E-state index in [0.717, 1.165) is 21.7 Å². The second-order valence-electron chi connectivity index (χ2n) is 7.26. The van der Waals surface area contributed by atoms with Crippen LogP contribution in [0, 0.1) is 0 Å². The van der Waals surface area contributed by atoms with Crippen molar-refractivity contribution >= 4 is 23.3 Å². The third kappa shape index (κ3) is 2.85. The van der Waals surface area contributed by atoms with Crippen molar-refractivity contribution in [3.8, 4) is 33.4 Å². The van der Waals surface area contributed by atoms with E-state index >= 15 is 0 Å². The largest absolute Gasteiger partial charge is 0.0984 e.